The third-order valence-electron chi connectivity index (χ3n) is 4.95. The van der Waals surface area contributed by atoms with E-state index in [1.807, 2.05) is 5.32 Å². The fourth-order valence-corrected chi connectivity index (χ4v) is 3.15. The maximum atomic E-state index is 13.8. The number of aromatic amines is 1. The second kappa shape index (κ2) is 10.2. The number of alkyl halides is 3. The Hall–Kier alpha value is -4.75. The van der Waals surface area contributed by atoms with Gasteiger partial charge in [-0.05, 0) is 28.5 Å². The lowest BCUT2D eigenvalue weighted by Gasteiger charge is -2.22. The number of H-pyrrole nitrogens is 1. The van der Waals surface area contributed by atoms with Crippen LogP contribution in [0.2, 0.25) is 0 Å². The van der Waals surface area contributed by atoms with Crippen molar-refractivity contribution in [2.45, 2.75) is 18.8 Å². The predicted octanol–water partition coefficient (Wildman–Crippen LogP) is 2.76. The Morgan fingerprint density at radius 3 is 2.22 bits per heavy atom. The smallest absolute Gasteiger partial charge is 0.347 e. The van der Waals surface area contributed by atoms with Gasteiger partial charge in [0.25, 0.3) is 11.8 Å². The first-order valence-corrected chi connectivity index (χ1v) is 10.3. The summed E-state index contributed by atoms with van der Waals surface area (Å²) in [7, 11) is 0. The molecule has 0 spiro atoms. The molecule has 10 nitrogen and oxygen atoms in total. The van der Waals surface area contributed by atoms with E-state index >= 15 is 0 Å². The SMILES string of the molecule is O=C(NCc1ccc(F)cc1)c1cc(C(=O)N[C@H](c2ccc(-c3nn[nH]n3)cc2)C(F)(F)F)ncn1. The number of aromatic nitrogens is 6. The van der Waals surface area contributed by atoms with E-state index in [2.05, 4.69) is 35.9 Å². The van der Waals surface area contributed by atoms with Crippen molar-refractivity contribution in [3.05, 3.63) is 89.3 Å². The highest BCUT2D eigenvalue weighted by atomic mass is 19.4. The van der Waals surface area contributed by atoms with Crippen molar-refractivity contribution >= 4 is 11.8 Å². The van der Waals surface area contributed by atoms with Crippen LogP contribution in [-0.2, 0) is 6.54 Å². The lowest BCUT2D eigenvalue weighted by Crippen LogP contribution is -2.38. The van der Waals surface area contributed by atoms with Gasteiger partial charge in [0, 0.05) is 18.2 Å². The topological polar surface area (TPSA) is 138 Å². The molecular weight excluding hydrogens is 484 g/mol. The largest absolute Gasteiger partial charge is 0.412 e. The minimum Gasteiger partial charge on any atom is -0.347 e. The highest BCUT2D eigenvalue weighted by molar-refractivity contribution is 5.97. The molecule has 184 valence electrons. The second-order valence-electron chi connectivity index (χ2n) is 7.40. The molecule has 2 amide bonds. The van der Waals surface area contributed by atoms with Gasteiger partial charge in [0.15, 0.2) is 6.04 Å². The minimum atomic E-state index is -4.83. The standard InChI is InChI=1S/C22H16F4N8O2/c23-15-7-1-12(2-8-15)10-27-20(35)16-9-17(29-11-28-16)21(36)30-18(22(24,25)26)13-3-5-14(6-4-13)19-31-33-34-32-19/h1-9,11,18H,10H2,(H,27,35)(H,30,36)(H,31,32,33,34)/t18-/m1/s1. The van der Waals surface area contributed by atoms with Crippen LogP contribution < -0.4 is 10.6 Å². The summed E-state index contributed by atoms with van der Waals surface area (Å²) in [5.41, 5.74) is 0.122. The van der Waals surface area contributed by atoms with E-state index in [0.29, 0.717) is 11.1 Å². The zero-order valence-corrected chi connectivity index (χ0v) is 18.1. The van der Waals surface area contributed by atoms with Gasteiger partial charge in [-0.1, -0.05) is 36.4 Å². The van der Waals surface area contributed by atoms with Crippen molar-refractivity contribution in [2.75, 3.05) is 0 Å². The Bertz CT molecular complexity index is 1340. The van der Waals surface area contributed by atoms with Crippen molar-refractivity contribution in [1.29, 1.82) is 0 Å². The molecule has 4 aromatic rings. The van der Waals surface area contributed by atoms with E-state index in [1.165, 1.54) is 48.5 Å². The van der Waals surface area contributed by atoms with E-state index in [-0.39, 0.29) is 23.6 Å². The number of carbonyl (C=O) groups is 2. The van der Waals surface area contributed by atoms with E-state index < -0.39 is 35.5 Å². The van der Waals surface area contributed by atoms with Crippen LogP contribution in [-0.4, -0.2) is 48.6 Å². The molecule has 0 aliphatic rings. The first-order chi connectivity index (χ1) is 17.2. The molecule has 0 aliphatic heterocycles. The fourth-order valence-electron chi connectivity index (χ4n) is 3.15. The van der Waals surface area contributed by atoms with Crippen LogP contribution in [0, 0.1) is 5.82 Å². The van der Waals surface area contributed by atoms with E-state index in [4.69, 9.17) is 0 Å². The molecule has 0 fully saturated rings. The van der Waals surface area contributed by atoms with Gasteiger partial charge in [-0.15, -0.1) is 10.2 Å². The van der Waals surface area contributed by atoms with Crippen molar-refractivity contribution in [2.24, 2.45) is 0 Å². The summed E-state index contributed by atoms with van der Waals surface area (Å²) in [5, 5.41) is 17.6. The number of hydrogen-bond donors (Lipinski definition) is 3. The number of amides is 2. The maximum Gasteiger partial charge on any atom is 0.412 e. The normalized spacial score (nSPS) is 12.1. The zero-order chi connectivity index (χ0) is 25.7. The Balaban J connectivity index is 1.47. The predicted molar refractivity (Wildman–Crippen MR) is 115 cm³/mol. The molecule has 0 unspecified atom stereocenters. The minimum absolute atomic E-state index is 0.0423. The third-order valence-corrected chi connectivity index (χ3v) is 4.95. The molecule has 14 heteroatoms. The molecule has 2 heterocycles. The van der Waals surface area contributed by atoms with Crippen LogP contribution in [0.25, 0.3) is 11.4 Å². The van der Waals surface area contributed by atoms with E-state index in [0.717, 1.165) is 12.4 Å². The van der Waals surface area contributed by atoms with Crippen molar-refractivity contribution in [1.82, 2.24) is 41.2 Å². The summed E-state index contributed by atoms with van der Waals surface area (Å²) >= 11 is 0. The molecule has 3 N–H and O–H groups in total. The molecule has 0 saturated carbocycles. The average Bonchev–Trinajstić information content (AvgIpc) is 3.41. The van der Waals surface area contributed by atoms with Gasteiger partial charge < -0.3 is 10.6 Å². The Morgan fingerprint density at radius 2 is 1.61 bits per heavy atom. The molecule has 2 aromatic heterocycles. The molecule has 0 bridgehead atoms. The molecule has 4 rings (SSSR count). The summed E-state index contributed by atoms with van der Waals surface area (Å²) in [6.45, 7) is 0.0423. The molecule has 2 aromatic carbocycles. The van der Waals surface area contributed by atoms with E-state index in [9.17, 15) is 27.2 Å². The van der Waals surface area contributed by atoms with Gasteiger partial charge in [-0.3, -0.25) is 9.59 Å². The number of halogens is 4. The van der Waals surface area contributed by atoms with Gasteiger partial charge >= 0.3 is 6.18 Å². The number of rotatable bonds is 7. The molecule has 36 heavy (non-hydrogen) atoms. The summed E-state index contributed by atoms with van der Waals surface area (Å²) in [4.78, 5) is 32.5. The monoisotopic (exact) mass is 500 g/mol. The molecular formula is C22H16F4N8O2. The number of benzene rings is 2. The van der Waals surface area contributed by atoms with Crippen LogP contribution in [0.5, 0.6) is 0 Å². The summed E-state index contributed by atoms with van der Waals surface area (Å²) in [6.07, 6.45) is -3.93. The average molecular weight is 500 g/mol. The Morgan fingerprint density at radius 1 is 0.944 bits per heavy atom. The number of nitrogens with one attached hydrogen (secondary N) is 3. The van der Waals surface area contributed by atoms with Crippen LogP contribution in [0.3, 0.4) is 0 Å². The summed E-state index contributed by atoms with van der Waals surface area (Å²) in [5.74, 6) is -2.09. The molecule has 0 radical (unpaired) electrons. The van der Waals surface area contributed by atoms with Crippen LogP contribution in [0.4, 0.5) is 17.6 Å². The van der Waals surface area contributed by atoms with Crippen LogP contribution in [0.15, 0.2) is 60.9 Å². The Kier molecular flexibility index (Phi) is 6.94. The van der Waals surface area contributed by atoms with Gasteiger partial charge in [0.2, 0.25) is 5.82 Å². The number of tetrazole rings is 1. The first-order valence-electron chi connectivity index (χ1n) is 10.3. The van der Waals surface area contributed by atoms with Gasteiger partial charge in [0.1, 0.15) is 23.5 Å². The summed E-state index contributed by atoms with van der Waals surface area (Å²) in [6, 6.07) is 9.10. The highest BCUT2D eigenvalue weighted by Gasteiger charge is 2.42. The van der Waals surface area contributed by atoms with Gasteiger partial charge in [0.05, 0.1) is 0 Å². The van der Waals surface area contributed by atoms with Crippen LogP contribution >= 0.6 is 0 Å². The molecule has 0 aliphatic carbocycles. The highest BCUT2D eigenvalue weighted by Crippen LogP contribution is 2.33. The van der Waals surface area contributed by atoms with Crippen molar-refractivity contribution < 1.29 is 27.2 Å². The molecule has 1 atom stereocenters. The molecule has 0 saturated heterocycles. The lowest BCUT2D eigenvalue weighted by atomic mass is 10.0. The Labute approximate surface area is 200 Å². The van der Waals surface area contributed by atoms with E-state index in [1.54, 1.807) is 0 Å². The van der Waals surface area contributed by atoms with Gasteiger partial charge in [-0.25, -0.2) is 14.4 Å². The summed E-state index contributed by atoms with van der Waals surface area (Å²) < 4.78 is 54.3. The number of nitrogens with zero attached hydrogens (tertiary/aromatic N) is 5. The second-order valence-corrected chi connectivity index (χ2v) is 7.40. The van der Waals surface area contributed by atoms with Crippen molar-refractivity contribution in [3.8, 4) is 11.4 Å². The lowest BCUT2D eigenvalue weighted by molar-refractivity contribution is -0.155. The number of carbonyl (C=O) groups excluding carboxylic acids is 2. The zero-order valence-electron chi connectivity index (χ0n) is 18.1. The van der Waals surface area contributed by atoms with Crippen LogP contribution in [0.1, 0.15) is 38.1 Å². The van der Waals surface area contributed by atoms with Gasteiger partial charge in [-0.2, -0.15) is 18.4 Å². The third kappa shape index (κ3) is 5.84. The quantitative estimate of drug-likeness (QED) is 0.332. The fraction of sp³-hybridized carbons (Fsp3) is 0.136. The van der Waals surface area contributed by atoms with Crippen molar-refractivity contribution in [3.63, 3.8) is 0 Å². The maximum absolute atomic E-state index is 13.8. The number of hydrogen-bond acceptors (Lipinski definition) is 7. The first kappa shape index (κ1) is 24.4.